The number of carbonyl (C=O) groups excluding carboxylic acids is 1. The number of aliphatic hydroxyl groups excluding tert-OH is 2. The third kappa shape index (κ3) is 5.68. The summed E-state index contributed by atoms with van der Waals surface area (Å²) in [5.74, 6) is 0. The third-order valence-corrected chi connectivity index (χ3v) is 3.03. The Hall–Kier alpha value is -1.81. The Balaban J connectivity index is 2.65. The second-order valence-electron chi connectivity index (χ2n) is 6.34. The number of H-pyrrole nitrogens is 1. The van der Waals surface area contributed by atoms with Crippen molar-refractivity contribution in [2.45, 2.75) is 58.1 Å². The third-order valence-electron chi connectivity index (χ3n) is 3.03. The van der Waals surface area contributed by atoms with Crippen molar-refractivity contribution in [3.63, 3.8) is 0 Å². The topological polar surface area (TPSA) is 107 Å². The molecule has 10 heteroatoms. The van der Waals surface area contributed by atoms with Gasteiger partial charge in [0.2, 0.25) is 0 Å². The zero-order valence-electron chi connectivity index (χ0n) is 13.9. The van der Waals surface area contributed by atoms with E-state index in [4.69, 9.17) is 4.74 Å². The van der Waals surface area contributed by atoms with E-state index in [0.717, 1.165) is 0 Å². The number of hydrogen-bond acceptors (Lipinski definition) is 5. The van der Waals surface area contributed by atoms with Crippen molar-refractivity contribution in [2.24, 2.45) is 0 Å². The van der Waals surface area contributed by atoms with E-state index in [0.29, 0.717) is 0 Å². The molecule has 4 N–H and O–H groups in total. The Morgan fingerprint density at radius 2 is 1.92 bits per heavy atom. The van der Waals surface area contributed by atoms with Gasteiger partial charge in [-0.25, -0.2) is 4.79 Å². The van der Waals surface area contributed by atoms with E-state index in [9.17, 15) is 28.2 Å². The average Bonchev–Trinajstić information content (AvgIpc) is 2.77. The number of alkyl halides is 3. The van der Waals surface area contributed by atoms with Crippen molar-refractivity contribution >= 4 is 6.09 Å². The number of aryl methyl sites for hydroxylation is 1. The van der Waals surface area contributed by atoms with Crippen molar-refractivity contribution in [1.29, 1.82) is 0 Å². The highest BCUT2D eigenvalue weighted by Crippen LogP contribution is 2.35. The molecule has 0 saturated heterocycles. The largest absolute Gasteiger partial charge is 0.444 e. The molecule has 1 aromatic rings. The van der Waals surface area contributed by atoms with E-state index in [1.165, 1.54) is 6.92 Å². The summed E-state index contributed by atoms with van der Waals surface area (Å²) in [4.78, 5) is 11.4. The number of carbonyl (C=O) groups is 1. The second-order valence-corrected chi connectivity index (χ2v) is 6.34. The number of rotatable bonds is 5. The molecule has 0 bridgehead atoms. The van der Waals surface area contributed by atoms with Crippen LogP contribution in [-0.4, -0.2) is 44.8 Å². The first-order valence-corrected chi connectivity index (χ1v) is 7.28. The van der Waals surface area contributed by atoms with Crippen LogP contribution >= 0.6 is 0 Å². The Morgan fingerprint density at radius 1 is 1.33 bits per heavy atom. The first-order valence-electron chi connectivity index (χ1n) is 7.28. The number of nitrogens with zero attached hydrogens (tertiary/aromatic N) is 1. The van der Waals surface area contributed by atoms with Gasteiger partial charge in [-0.3, -0.25) is 5.10 Å². The van der Waals surface area contributed by atoms with Gasteiger partial charge >= 0.3 is 12.3 Å². The molecule has 138 valence electrons. The van der Waals surface area contributed by atoms with Crippen LogP contribution in [0.4, 0.5) is 18.0 Å². The minimum Gasteiger partial charge on any atom is -0.444 e. The molecule has 0 aliphatic carbocycles. The smallest absolute Gasteiger partial charge is 0.435 e. The first kappa shape index (κ1) is 20.2. The SMILES string of the molecule is Cc1[nH]nc(C(F)(F)F)c1C(O)C(O)CCNC(=O)OC(C)(C)C. The van der Waals surface area contributed by atoms with Crippen molar-refractivity contribution in [3.05, 3.63) is 17.0 Å². The van der Waals surface area contributed by atoms with Crippen molar-refractivity contribution in [3.8, 4) is 0 Å². The molecule has 1 heterocycles. The lowest BCUT2D eigenvalue weighted by molar-refractivity contribution is -0.143. The van der Waals surface area contributed by atoms with E-state index in [2.05, 4.69) is 15.5 Å². The fourth-order valence-corrected chi connectivity index (χ4v) is 2.00. The fraction of sp³-hybridized carbons (Fsp3) is 0.714. The van der Waals surface area contributed by atoms with E-state index in [-0.39, 0.29) is 18.7 Å². The number of halogens is 3. The summed E-state index contributed by atoms with van der Waals surface area (Å²) in [7, 11) is 0. The summed E-state index contributed by atoms with van der Waals surface area (Å²) >= 11 is 0. The lowest BCUT2D eigenvalue weighted by Gasteiger charge is -2.21. The summed E-state index contributed by atoms with van der Waals surface area (Å²) in [5.41, 5.74) is -2.47. The number of hydrogen-bond donors (Lipinski definition) is 4. The van der Waals surface area contributed by atoms with Crippen LogP contribution in [0.5, 0.6) is 0 Å². The van der Waals surface area contributed by atoms with Gasteiger partial charge in [0, 0.05) is 17.8 Å². The predicted octanol–water partition coefficient (Wildman–Crippen LogP) is 2.05. The molecule has 0 fully saturated rings. The Labute approximate surface area is 137 Å². The van der Waals surface area contributed by atoms with Crippen LogP contribution in [0.15, 0.2) is 0 Å². The Morgan fingerprint density at radius 3 is 2.42 bits per heavy atom. The molecule has 7 nitrogen and oxygen atoms in total. The lowest BCUT2D eigenvalue weighted by Crippen LogP contribution is -2.35. The molecule has 1 aromatic heterocycles. The Kier molecular flexibility index (Phi) is 6.23. The van der Waals surface area contributed by atoms with Gasteiger partial charge < -0.3 is 20.3 Å². The molecule has 0 aromatic carbocycles. The summed E-state index contributed by atoms with van der Waals surface area (Å²) in [5, 5.41) is 27.5. The van der Waals surface area contributed by atoms with Crippen LogP contribution in [0, 0.1) is 6.92 Å². The molecule has 2 atom stereocenters. The summed E-state index contributed by atoms with van der Waals surface area (Å²) in [6.07, 6.45) is -8.95. The van der Waals surface area contributed by atoms with Crippen molar-refractivity contribution in [1.82, 2.24) is 15.5 Å². The molecule has 0 aliphatic heterocycles. The molecule has 0 aliphatic rings. The number of ether oxygens (including phenoxy) is 1. The van der Waals surface area contributed by atoms with Crippen molar-refractivity contribution in [2.75, 3.05) is 6.54 Å². The predicted molar refractivity (Wildman–Crippen MR) is 78.1 cm³/mol. The van der Waals surface area contributed by atoms with Gasteiger partial charge in [-0.15, -0.1) is 0 Å². The lowest BCUT2D eigenvalue weighted by atomic mass is 10.00. The summed E-state index contributed by atoms with van der Waals surface area (Å²) in [6, 6.07) is 0. The van der Waals surface area contributed by atoms with Crippen LogP contribution in [0.25, 0.3) is 0 Å². The van der Waals surface area contributed by atoms with Crippen LogP contribution in [0.2, 0.25) is 0 Å². The summed E-state index contributed by atoms with van der Waals surface area (Å²) in [6.45, 7) is 6.25. The highest BCUT2D eigenvalue weighted by molar-refractivity contribution is 5.67. The zero-order valence-corrected chi connectivity index (χ0v) is 13.9. The zero-order chi connectivity index (χ0) is 18.7. The van der Waals surface area contributed by atoms with Crippen molar-refractivity contribution < 1.29 is 32.9 Å². The van der Waals surface area contributed by atoms with Crippen LogP contribution < -0.4 is 5.32 Å². The molecule has 0 spiro atoms. The van der Waals surface area contributed by atoms with Gasteiger partial charge in [0.15, 0.2) is 5.69 Å². The van der Waals surface area contributed by atoms with Gasteiger partial charge in [-0.2, -0.15) is 18.3 Å². The standard InChI is InChI=1S/C14H22F3N3O4/c1-7-9(11(20-19-7)14(15,16)17)10(22)8(21)5-6-18-12(23)24-13(2,3)4/h8,10,21-22H,5-6H2,1-4H3,(H,18,23)(H,19,20). The molecule has 1 rings (SSSR count). The number of aromatic amines is 1. The first-order chi connectivity index (χ1) is 10.8. The maximum Gasteiger partial charge on any atom is 0.435 e. The van der Waals surface area contributed by atoms with Crippen LogP contribution in [0.3, 0.4) is 0 Å². The number of aromatic nitrogens is 2. The average molecular weight is 353 g/mol. The molecule has 1 amide bonds. The van der Waals surface area contributed by atoms with Crippen LogP contribution in [-0.2, 0) is 10.9 Å². The molecule has 24 heavy (non-hydrogen) atoms. The molecule has 2 unspecified atom stereocenters. The van der Waals surface area contributed by atoms with Gasteiger partial charge in [0.1, 0.15) is 11.7 Å². The monoisotopic (exact) mass is 353 g/mol. The fourth-order valence-electron chi connectivity index (χ4n) is 2.00. The van der Waals surface area contributed by atoms with Gasteiger partial charge in [-0.1, -0.05) is 0 Å². The number of aliphatic hydroxyl groups is 2. The molecule has 0 radical (unpaired) electrons. The Bertz CT molecular complexity index is 567. The van der Waals surface area contributed by atoms with Gasteiger partial charge in [0.05, 0.1) is 6.10 Å². The second kappa shape index (κ2) is 7.39. The highest BCUT2D eigenvalue weighted by atomic mass is 19.4. The van der Waals surface area contributed by atoms with E-state index < -0.39 is 41.3 Å². The minimum absolute atomic E-state index is 0.00831. The van der Waals surface area contributed by atoms with Gasteiger partial charge in [0.25, 0.3) is 0 Å². The maximum atomic E-state index is 12.9. The number of amides is 1. The van der Waals surface area contributed by atoms with E-state index in [1.807, 2.05) is 0 Å². The number of nitrogens with one attached hydrogen (secondary N) is 2. The highest BCUT2D eigenvalue weighted by Gasteiger charge is 2.40. The number of alkyl carbamates (subject to hydrolysis) is 1. The van der Waals surface area contributed by atoms with E-state index >= 15 is 0 Å². The normalized spacial score (nSPS) is 15.0. The van der Waals surface area contributed by atoms with Crippen LogP contribution in [0.1, 0.15) is 50.2 Å². The quantitative estimate of drug-likeness (QED) is 0.648. The van der Waals surface area contributed by atoms with E-state index in [1.54, 1.807) is 20.8 Å². The molecule has 0 saturated carbocycles. The van der Waals surface area contributed by atoms with Gasteiger partial charge in [-0.05, 0) is 34.1 Å². The molecular formula is C14H22F3N3O4. The maximum absolute atomic E-state index is 12.9. The molecular weight excluding hydrogens is 331 g/mol. The summed E-state index contributed by atoms with van der Waals surface area (Å²) < 4.78 is 43.5. The minimum atomic E-state index is -4.75.